The van der Waals surface area contributed by atoms with Gasteiger partial charge in [0.1, 0.15) is 0 Å². The van der Waals surface area contributed by atoms with Crippen LogP contribution in [0, 0.1) is 23.7 Å². The Morgan fingerprint density at radius 1 is 1.39 bits per heavy atom. The second-order valence-electron chi connectivity index (χ2n) is 6.24. The van der Waals surface area contributed by atoms with E-state index in [1.54, 1.807) is 0 Å². The molecule has 0 aliphatic heterocycles. The van der Waals surface area contributed by atoms with Gasteiger partial charge >= 0.3 is 0 Å². The molecule has 0 spiro atoms. The lowest BCUT2D eigenvalue weighted by Crippen LogP contribution is -2.31. The summed E-state index contributed by atoms with van der Waals surface area (Å²) in [5.41, 5.74) is 3.42. The first-order valence-corrected chi connectivity index (χ1v) is 6.77. The van der Waals surface area contributed by atoms with Gasteiger partial charge in [-0.05, 0) is 55.4 Å². The molecule has 0 bridgehead atoms. The van der Waals surface area contributed by atoms with Gasteiger partial charge in [0.15, 0.2) is 0 Å². The van der Waals surface area contributed by atoms with Crippen molar-refractivity contribution in [3.63, 3.8) is 0 Å². The maximum Gasteiger partial charge on any atom is 0.0994 e. The van der Waals surface area contributed by atoms with Crippen LogP contribution in [0.25, 0.3) is 0 Å². The second kappa shape index (κ2) is 5.02. The van der Waals surface area contributed by atoms with Crippen molar-refractivity contribution in [1.29, 1.82) is 5.26 Å². The van der Waals surface area contributed by atoms with Gasteiger partial charge < -0.3 is 5.32 Å². The van der Waals surface area contributed by atoms with E-state index < -0.39 is 0 Å². The maximum absolute atomic E-state index is 8.93. The molecular formula is C16H22N2. The molecule has 1 N–H and O–H groups in total. The van der Waals surface area contributed by atoms with Crippen LogP contribution in [0.4, 0.5) is 5.69 Å². The van der Waals surface area contributed by atoms with Gasteiger partial charge in [-0.1, -0.05) is 20.3 Å². The minimum Gasteiger partial charge on any atom is -0.382 e. The van der Waals surface area contributed by atoms with E-state index >= 15 is 0 Å². The van der Waals surface area contributed by atoms with Gasteiger partial charge in [0, 0.05) is 11.7 Å². The van der Waals surface area contributed by atoms with Crippen LogP contribution in [0.5, 0.6) is 0 Å². The fourth-order valence-electron chi connectivity index (χ4n) is 2.94. The van der Waals surface area contributed by atoms with E-state index in [9.17, 15) is 0 Å². The summed E-state index contributed by atoms with van der Waals surface area (Å²) in [4.78, 5) is 0. The number of hydrogen-bond donors (Lipinski definition) is 1. The zero-order valence-corrected chi connectivity index (χ0v) is 11.6. The molecular weight excluding hydrogens is 220 g/mol. The second-order valence-corrected chi connectivity index (χ2v) is 6.24. The summed E-state index contributed by atoms with van der Waals surface area (Å²) < 4.78 is 0. The van der Waals surface area contributed by atoms with Gasteiger partial charge in [0.2, 0.25) is 0 Å². The Morgan fingerprint density at radius 2 is 2.17 bits per heavy atom. The van der Waals surface area contributed by atoms with Gasteiger partial charge in [-0.2, -0.15) is 5.26 Å². The Labute approximate surface area is 110 Å². The Morgan fingerprint density at radius 3 is 2.78 bits per heavy atom. The van der Waals surface area contributed by atoms with Crippen LogP contribution < -0.4 is 5.32 Å². The van der Waals surface area contributed by atoms with Crippen LogP contribution >= 0.6 is 0 Å². The molecule has 1 aliphatic carbocycles. The van der Waals surface area contributed by atoms with Crippen molar-refractivity contribution in [1.82, 2.24) is 0 Å². The third-order valence-electron chi connectivity index (χ3n) is 3.92. The van der Waals surface area contributed by atoms with E-state index in [2.05, 4.69) is 31.3 Å². The molecule has 1 aliphatic rings. The van der Waals surface area contributed by atoms with Crippen LogP contribution in [0.15, 0.2) is 18.2 Å². The lowest BCUT2D eigenvalue weighted by molar-refractivity contribution is 0.229. The van der Waals surface area contributed by atoms with Crippen LogP contribution in [-0.2, 0) is 0 Å². The Balaban J connectivity index is 2.06. The zero-order valence-electron chi connectivity index (χ0n) is 11.6. The molecule has 1 saturated carbocycles. The van der Waals surface area contributed by atoms with E-state index in [-0.39, 0.29) is 0 Å². The largest absolute Gasteiger partial charge is 0.382 e. The first kappa shape index (κ1) is 13.0. The molecule has 0 heterocycles. The lowest BCUT2D eigenvalue weighted by Gasteiger charge is -2.36. The van der Waals surface area contributed by atoms with E-state index in [1.807, 2.05) is 19.1 Å². The number of benzene rings is 1. The summed E-state index contributed by atoms with van der Waals surface area (Å²) in [6.07, 6.45) is 5.12. The van der Waals surface area contributed by atoms with Gasteiger partial charge in [0.25, 0.3) is 0 Å². The van der Waals surface area contributed by atoms with Crippen molar-refractivity contribution >= 4 is 5.69 Å². The fourth-order valence-corrected chi connectivity index (χ4v) is 2.94. The number of aryl methyl sites for hydroxylation is 1. The van der Waals surface area contributed by atoms with Crippen LogP contribution in [0.2, 0.25) is 0 Å². The molecule has 1 fully saturated rings. The van der Waals surface area contributed by atoms with Gasteiger partial charge in [-0.25, -0.2) is 0 Å². The van der Waals surface area contributed by atoms with Crippen molar-refractivity contribution in [3.05, 3.63) is 29.3 Å². The molecule has 1 unspecified atom stereocenters. The molecule has 96 valence electrons. The lowest BCUT2D eigenvalue weighted by atomic mass is 9.75. The minimum atomic E-state index is 0.456. The number of nitriles is 1. The van der Waals surface area contributed by atoms with Crippen LogP contribution in [0.1, 0.15) is 50.7 Å². The van der Waals surface area contributed by atoms with Crippen molar-refractivity contribution in [3.8, 4) is 6.07 Å². The summed E-state index contributed by atoms with van der Waals surface area (Å²) in [5, 5.41) is 12.5. The van der Waals surface area contributed by atoms with Crippen LogP contribution in [-0.4, -0.2) is 6.04 Å². The number of nitrogens with one attached hydrogen (secondary N) is 1. The van der Waals surface area contributed by atoms with Crippen LogP contribution in [0.3, 0.4) is 0 Å². The third kappa shape index (κ3) is 3.04. The maximum atomic E-state index is 8.93. The average molecular weight is 242 g/mol. The third-order valence-corrected chi connectivity index (χ3v) is 3.92. The molecule has 2 nitrogen and oxygen atoms in total. The smallest absolute Gasteiger partial charge is 0.0994 e. The molecule has 1 aromatic carbocycles. The van der Waals surface area contributed by atoms with E-state index in [4.69, 9.17) is 5.26 Å². The number of rotatable bonds is 2. The highest BCUT2D eigenvalue weighted by molar-refractivity contribution is 5.52. The summed E-state index contributed by atoms with van der Waals surface area (Å²) in [7, 11) is 0. The summed E-state index contributed by atoms with van der Waals surface area (Å²) in [5.74, 6) is 0. The summed E-state index contributed by atoms with van der Waals surface area (Å²) in [6, 6.07) is 8.79. The van der Waals surface area contributed by atoms with Crippen molar-refractivity contribution in [2.45, 2.75) is 52.5 Å². The monoisotopic (exact) mass is 242 g/mol. The predicted molar refractivity (Wildman–Crippen MR) is 75.6 cm³/mol. The van der Waals surface area contributed by atoms with Gasteiger partial charge in [0.05, 0.1) is 11.6 Å². The number of hydrogen-bond acceptors (Lipinski definition) is 2. The minimum absolute atomic E-state index is 0.456. The first-order valence-electron chi connectivity index (χ1n) is 6.77. The average Bonchev–Trinajstić information content (AvgIpc) is 2.28. The van der Waals surface area contributed by atoms with Crippen molar-refractivity contribution in [2.75, 3.05) is 5.32 Å². The van der Waals surface area contributed by atoms with Gasteiger partial charge in [-0.15, -0.1) is 0 Å². The van der Waals surface area contributed by atoms with E-state index in [0.29, 0.717) is 11.5 Å². The predicted octanol–water partition coefficient (Wildman–Crippen LogP) is 4.25. The Kier molecular flexibility index (Phi) is 3.61. The molecule has 0 amide bonds. The molecule has 1 atom stereocenters. The van der Waals surface area contributed by atoms with Gasteiger partial charge in [-0.3, -0.25) is 0 Å². The molecule has 0 saturated heterocycles. The SMILES string of the molecule is Cc1cc(NC2CCCC(C)(C)C2)ccc1C#N. The van der Waals surface area contributed by atoms with Crippen molar-refractivity contribution in [2.24, 2.45) is 5.41 Å². The quantitative estimate of drug-likeness (QED) is 0.841. The molecule has 0 aromatic heterocycles. The molecule has 2 rings (SSSR count). The highest BCUT2D eigenvalue weighted by Crippen LogP contribution is 2.36. The highest BCUT2D eigenvalue weighted by atomic mass is 14.9. The molecule has 18 heavy (non-hydrogen) atoms. The zero-order chi connectivity index (χ0) is 13.2. The summed E-state index contributed by atoms with van der Waals surface area (Å²) >= 11 is 0. The Bertz CT molecular complexity index is 468. The Hall–Kier alpha value is -1.49. The normalized spacial score (nSPS) is 22.2. The number of nitrogens with zero attached hydrogens (tertiary/aromatic N) is 1. The van der Waals surface area contributed by atoms with E-state index in [0.717, 1.165) is 16.8 Å². The number of anilines is 1. The molecule has 2 heteroatoms. The summed E-state index contributed by atoms with van der Waals surface area (Å²) in [6.45, 7) is 6.70. The molecule has 0 radical (unpaired) electrons. The topological polar surface area (TPSA) is 35.8 Å². The fraction of sp³-hybridized carbons (Fsp3) is 0.562. The van der Waals surface area contributed by atoms with Crippen molar-refractivity contribution < 1.29 is 0 Å². The molecule has 1 aromatic rings. The first-order chi connectivity index (χ1) is 8.50. The standard InChI is InChI=1S/C16H22N2/c1-12-9-14(7-6-13(12)11-17)18-15-5-4-8-16(2,3)10-15/h6-7,9,15,18H,4-5,8,10H2,1-3H3. The van der Waals surface area contributed by atoms with E-state index in [1.165, 1.54) is 25.7 Å². The highest BCUT2D eigenvalue weighted by Gasteiger charge is 2.27.